The predicted molar refractivity (Wildman–Crippen MR) is 82.3 cm³/mol. The molecule has 0 saturated heterocycles. The van der Waals surface area contributed by atoms with Gasteiger partial charge in [-0.3, -0.25) is 9.20 Å². The first-order valence-electron chi connectivity index (χ1n) is 6.82. The lowest BCUT2D eigenvalue weighted by Gasteiger charge is -2.07. The van der Waals surface area contributed by atoms with Crippen molar-refractivity contribution in [3.63, 3.8) is 0 Å². The number of hydrogen-bond acceptors (Lipinski definition) is 4. The number of carbonyl (C=O) groups is 1. The number of fused-ring (bicyclic) bond motifs is 1. The van der Waals surface area contributed by atoms with E-state index in [2.05, 4.69) is 4.98 Å². The number of nitrogens with zero attached hydrogens (tertiary/aromatic N) is 2. The number of benzene rings is 1. The minimum Gasteiger partial charge on any atom is -0.404 e. The van der Waals surface area contributed by atoms with Gasteiger partial charge < -0.3 is 4.74 Å². The van der Waals surface area contributed by atoms with Crippen LogP contribution >= 0.6 is 0 Å². The van der Waals surface area contributed by atoms with Crippen LogP contribution in [0.1, 0.15) is 21.5 Å². The van der Waals surface area contributed by atoms with E-state index in [1.165, 1.54) is 10.5 Å². The SMILES string of the molecule is Cc1cccc(C(=O)Oc2cc(=O)n3cccc(C)c3n2)c1. The summed E-state index contributed by atoms with van der Waals surface area (Å²) in [4.78, 5) is 28.4. The van der Waals surface area contributed by atoms with Crippen molar-refractivity contribution < 1.29 is 9.53 Å². The minimum absolute atomic E-state index is 0.00538. The summed E-state index contributed by atoms with van der Waals surface area (Å²) in [6.45, 7) is 3.73. The van der Waals surface area contributed by atoms with Gasteiger partial charge in [0, 0.05) is 6.20 Å². The lowest BCUT2D eigenvalue weighted by molar-refractivity contribution is 0.0727. The van der Waals surface area contributed by atoms with Gasteiger partial charge >= 0.3 is 5.97 Å². The van der Waals surface area contributed by atoms with E-state index in [-0.39, 0.29) is 11.4 Å². The molecule has 0 saturated carbocycles. The summed E-state index contributed by atoms with van der Waals surface area (Å²) in [5, 5.41) is 0. The molecule has 0 amide bonds. The quantitative estimate of drug-likeness (QED) is 0.681. The molecule has 0 N–H and O–H groups in total. The zero-order valence-electron chi connectivity index (χ0n) is 12.2. The van der Waals surface area contributed by atoms with Crippen LogP contribution in [-0.2, 0) is 0 Å². The van der Waals surface area contributed by atoms with Gasteiger partial charge in [0.05, 0.1) is 11.6 Å². The second-order valence-electron chi connectivity index (χ2n) is 5.08. The standard InChI is InChI=1S/C17H14N2O3/c1-11-5-3-7-13(9-11)17(21)22-14-10-15(20)19-8-4-6-12(2)16(19)18-14/h3-10H,1-2H3. The normalized spacial score (nSPS) is 10.6. The number of carbonyl (C=O) groups excluding carboxylic acids is 1. The molecule has 3 rings (SSSR count). The molecule has 0 aliphatic rings. The Bertz CT molecular complexity index is 929. The van der Waals surface area contributed by atoms with Crippen LogP contribution in [0.25, 0.3) is 5.65 Å². The van der Waals surface area contributed by atoms with Crippen molar-refractivity contribution in [2.24, 2.45) is 0 Å². The molecular formula is C17H14N2O3. The molecule has 0 aliphatic heterocycles. The Morgan fingerprint density at radius 3 is 2.73 bits per heavy atom. The lowest BCUT2D eigenvalue weighted by Crippen LogP contribution is -2.17. The van der Waals surface area contributed by atoms with Crippen molar-refractivity contribution in [2.45, 2.75) is 13.8 Å². The van der Waals surface area contributed by atoms with Gasteiger partial charge in [0.1, 0.15) is 5.65 Å². The number of ether oxygens (including phenoxy) is 1. The number of rotatable bonds is 2. The molecule has 0 unspecified atom stereocenters. The van der Waals surface area contributed by atoms with E-state index in [9.17, 15) is 9.59 Å². The van der Waals surface area contributed by atoms with E-state index in [1.807, 2.05) is 26.0 Å². The lowest BCUT2D eigenvalue weighted by atomic mass is 10.1. The molecule has 0 fully saturated rings. The molecule has 2 aromatic heterocycles. The minimum atomic E-state index is -0.534. The summed E-state index contributed by atoms with van der Waals surface area (Å²) in [6.07, 6.45) is 1.63. The maximum Gasteiger partial charge on any atom is 0.344 e. The van der Waals surface area contributed by atoms with Gasteiger partial charge in [-0.05, 0) is 37.6 Å². The van der Waals surface area contributed by atoms with Crippen LogP contribution < -0.4 is 10.3 Å². The molecule has 3 aromatic rings. The molecule has 0 aliphatic carbocycles. The fraction of sp³-hybridized carbons (Fsp3) is 0.118. The average molecular weight is 294 g/mol. The number of esters is 1. The topological polar surface area (TPSA) is 60.7 Å². The predicted octanol–water partition coefficient (Wildman–Crippen LogP) is 2.53. The molecule has 22 heavy (non-hydrogen) atoms. The first-order chi connectivity index (χ1) is 10.5. The Labute approximate surface area is 126 Å². The summed E-state index contributed by atoms with van der Waals surface area (Å²) in [7, 11) is 0. The zero-order valence-corrected chi connectivity index (χ0v) is 12.2. The molecule has 0 atom stereocenters. The second-order valence-corrected chi connectivity index (χ2v) is 5.08. The van der Waals surface area contributed by atoms with Gasteiger partial charge in [-0.1, -0.05) is 23.8 Å². The van der Waals surface area contributed by atoms with Crippen molar-refractivity contribution in [3.8, 4) is 5.88 Å². The smallest absolute Gasteiger partial charge is 0.344 e. The highest BCUT2D eigenvalue weighted by molar-refractivity contribution is 5.91. The van der Waals surface area contributed by atoms with Gasteiger partial charge in [0.25, 0.3) is 5.56 Å². The highest BCUT2D eigenvalue weighted by atomic mass is 16.5. The van der Waals surface area contributed by atoms with E-state index >= 15 is 0 Å². The summed E-state index contributed by atoms with van der Waals surface area (Å²) in [6, 6.07) is 11.9. The van der Waals surface area contributed by atoms with Crippen LogP contribution in [0.4, 0.5) is 0 Å². The maximum absolute atomic E-state index is 12.1. The van der Waals surface area contributed by atoms with Gasteiger partial charge in [0.15, 0.2) is 0 Å². The van der Waals surface area contributed by atoms with Crippen LogP contribution in [-0.4, -0.2) is 15.4 Å². The third-order valence-corrected chi connectivity index (χ3v) is 3.31. The third-order valence-electron chi connectivity index (χ3n) is 3.31. The molecule has 0 radical (unpaired) electrons. The van der Waals surface area contributed by atoms with Gasteiger partial charge in [-0.2, -0.15) is 4.98 Å². The van der Waals surface area contributed by atoms with E-state index in [0.29, 0.717) is 11.2 Å². The first-order valence-corrected chi connectivity index (χ1v) is 6.82. The average Bonchev–Trinajstić information content (AvgIpc) is 2.48. The number of pyridine rings is 1. The van der Waals surface area contributed by atoms with Gasteiger partial charge in [0.2, 0.25) is 5.88 Å². The Balaban J connectivity index is 1.99. The fourth-order valence-corrected chi connectivity index (χ4v) is 2.22. The van der Waals surface area contributed by atoms with Crippen molar-refractivity contribution in [3.05, 3.63) is 75.7 Å². The van der Waals surface area contributed by atoms with Crippen LogP contribution in [0, 0.1) is 13.8 Å². The largest absolute Gasteiger partial charge is 0.404 e. The number of aromatic nitrogens is 2. The van der Waals surface area contributed by atoms with E-state index < -0.39 is 5.97 Å². The fourth-order valence-electron chi connectivity index (χ4n) is 2.22. The number of aryl methyl sites for hydroxylation is 2. The highest BCUT2D eigenvalue weighted by Crippen LogP contribution is 2.12. The van der Waals surface area contributed by atoms with E-state index in [0.717, 1.165) is 11.1 Å². The summed E-state index contributed by atoms with van der Waals surface area (Å²) < 4.78 is 6.65. The number of hydrogen-bond donors (Lipinski definition) is 0. The Hall–Kier alpha value is -2.95. The van der Waals surface area contributed by atoms with Gasteiger partial charge in [-0.25, -0.2) is 4.79 Å². The molecule has 110 valence electrons. The van der Waals surface area contributed by atoms with Gasteiger partial charge in [-0.15, -0.1) is 0 Å². The molecule has 0 bridgehead atoms. The van der Waals surface area contributed by atoms with Crippen LogP contribution in [0.2, 0.25) is 0 Å². The van der Waals surface area contributed by atoms with E-state index in [4.69, 9.17) is 4.74 Å². The monoisotopic (exact) mass is 294 g/mol. The Morgan fingerprint density at radius 2 is 1.95 bits per heavy atom. The summed E-state index contributed by atoms with van der Waals surface area (Å²) in [5.41, 5.74) is 2.39. The second kappa shape index (κ2) is 5.44. The molecule has 1 aromatic carbocycles. The summed E-state index contributed by atoms with van der Waals surface area (Å²) >= 11 is 0. The van der Waals surface area contributed by atoms with Crippen LogP contribution in [0.3, 0.4) is 0 Å². The zero-order chi connectivity index (χ0) is 15.7. The maximum atomic E-state index is 12.1. The molecule has 5 nitrogen and oxygen atoms in total. The van der Waals surface area contributed by atoms with Crippen molar-refractivity contribution in [2.75, 3.05) is 0 Å². The summed E-state index contributed by atoms with van der Waals surface area (Å²) in [5.74, 6) is -0.528. The first kappa shape index (κ1) is 14.0. The Morgan fingerprint density at radius 1 is 1.14 bits per heavy atom. The van der Waals surface area contributed by atoms with Crippen molar-refractivity contribution in [1.82, 2.24) is 9.38 Å². The molecular weight excluding hydrogens is 280 g/mol. The van der Waals surface area contributed by atoms with Crippen LogP contribution in [0.5, 0.6) is 5.88 Å². The highest BCUT2D eigenvalue weighted by Gasteiger charge is 2.12. The third kappa shape index (κ3) is 2.61. The Kier molecular flexibility index (Phi) is 3.47. The van der Waals surface area contributed by atoms with Crippen molar-refractivity contribution in [1.29, 1.82) is 0 Å². The molecule has 5 heteroatoms. The molecule has 0 spiro atoms. The van der Waals surface area contributed by atoms with E-state index in [1.54, 1.807) is 30.5 Å². The van der Waals surface area contributed by atoms with Crippen molar-refractivity contribution >= 4 is 11.6 Å². The molecule has 2 heterocycles. The van der Waals surface area contributed by atoms with Crippen LogP contribution in [0.15, 0.2) is 53.5 Å².